The fraction of sp³-hybridized carbons (Fsp3) is 1.00. The number of nitrogens with zero attached hydrogens (tertiary/aromatic N) is 1. The summed E-state index contributed by atoms with van der Waals surface area (Å²) in [5.74, 6) is -1.44. The van der Waals surface area contributed by atoms with E-state index >= 15 is 0 Å². The van der Waals surface area contributed by atoms with E-state index in [-0.39, 0.29) is 41.9 Å². The molecule has 1 saturated heterocycles. The summed E-state index contributed by atoms with van der Waals surface area (Å²) < 4.78 is 23.9. The van der Waals surface area contributed by atoms with Gasteiger partial charge < -0.3 is 44.3 Å². The number of methoxy groups -OCH3 is 4. The van der Waals surface area contributed by atoms with Crippen LogP contribution in [-0.4, -0.2) is 122 Å². The normalized spacial score (nSPS) is 63.2. The van der Waals surface area contributed by atoms with Crippen molar-refractivity contribution in [3.05, 3.63) is 0 Å². The topological polar surface area (TPSA) is 121 Å². The van der Waals surface area contributed by atoms with Gasteiger partial charge in [-0.25, -0.2) is 0 Å². The van der Waals surface area contributed by atoms with Crippen LogP contribution in [0.15, 0.2) is 0 Å². The molecule has 9 heteroatoms. The summed E-state index contributed by atoms with van der Waals surface area (Å²) in [5.41, 5.74) is -3.98. The number of rotatable bonds is 5. The van der Waals surface area contributed by atoms with Gasteiger partial charge in [0.1, 0.15) is 23.4 Å². The maximum absolute atomic E-state index is 12.5. The van der Waals surface area contributed by atoms with E-state index in [9.17, 15) is 20.4 Å². The molecular weight excluding hydrogens is 430 g/mol. The highest BCUT2D eigenvalue weighted by molar-refractivity contribution is 5.39. The molecule has 1 spiro atoms. The molecule has 1 heterocycles. The second-order valence-electron chi connectivity index (χ2n) is 11.9. The molecule has 6 rings (SSSR count). The van der Waals surface area contributed by atoms with Crippen LogP contribution in [0.3, 0.4) is 0 Å². The first-order chi connectivity index (χ1) is 15.6. The van der Waals surface area contributed by atoms with Crippen molar-refractivity contribution in [3.63, 3.8) is 0 Å². The van der Waals surface area contributed by atoms with E-state index in [1.54, 1.807) is 21.3 Å². The number of piperidine rings is 1. The van der Waals surface area contributed by atoms with Gasteiger partial charge in [-0.3, -0.25) is 0 Å². The Balaban J connectivity index is 1.66. The van der Waals surface area contributed by atoms with Crippen molar-refractivity contribution in [2.45, 2.75) is 67.0 Å². The van der Waals surface area contributed by atoms with Crippen LogP contribution in [0.1, 0.15) is 19.3 Å². The van der Waals surface area contributed by atoms with Gasteiger partial charge in [-0.2, -0.15) is 0 Å². The fourth-order valence-electron chi connectivity index (χ4n) is 10.9. The molecule has 7 bridgehead atoms. The number of ether oxygens (including phenoxy) is 4. The second-order valence-corrected chi connectivity index (χ2v) is 11.9. The maximum atomic E-state index is 12.5. The molecule has 1 aliphatic heterocycles. The molecule has 6 fully saturated rings. The number of likely N-dealkylation sites (tertiary alicyclic amines) is 1. The van der Waals surface area contributed by atoms with Crippen molar-refractivity contribution in [2.75, 3.05) is 48.6 Å². The Hall–Kier alpha value is -0.360. The molecule has 4 N–H and O–H groups in total. The first kappa shape index (κ1) is 23.1. The summed E-state index contributed by atoms with van der Waals surface area (Å²) in [7, 11) is 8.66. The van der Waals surface area contributed by atoms with E-state index in [2.05, 4.69) is 11.9 Å². The lowest BCUT2D eigenvalue weighted by Crippen LogP contribution is -2.79. The summed E-state index contributed by atoms with van der Waals surface area (Å²) in [4.78, 5) is 2.31. The van der Waals surface area contributed by atoms with Crippen LogP contribution in [0.5, 0.6) is 0 Å². The first-order valence-electron chi connectivity index (χ1n) is 12.2. The van der Waals surface area contributed by atoms with Crippen molar-refractivity contribution >= 4 is 0 Å². The molecule has 5 saturated carbocycles. The Kier molecular flexibility index (Phi) is 4.82. The van der Waals surface area contributed by atoms with Crippen molar-refractivity contribution in [1.82, 2.24) is 4.90 Å². The van der Waals surface area contributed by atoms with Crippen LogP contribution in [0, 0.1) is 34.5 Å². The van der Waals surface area contributed by atoms with E-state index in [1.165, 1.54) is 7.11 Å². The Morgan fingerprint density at radius 3 is 2.30 bits per heavy atom. The highest BCUT2D eigenvalue weighted by Crippen LogP contribution is 2.79. The van der Waals surface area contributed by atoms with E-state index < -0.39 is 46.8 Å². The van der Waals surface area contributed by atoms with Crippen LogP contribution in [0.2, 0.25) is 0 Å². The zero-order valence-electron chi connectivity index (χ0n) is 20.2. The van der Waals surface area contributed by atoms with Crippen LogP contribution in [0.25, 0.3) is 0 Å². The predicted octanol–water partition coefficient (Wildman–Crippen LogP) is -1.15. The molecule has 33 heavy (non-hydrogen) atoms. The van der Waals surface area contributed by atoms with Crippen LogP contribution in [0.4, 0.5) is 0 Å². The summed E-state index contributed by atoms with van der Waals surface area (Å²) in [6.07, 6.45) is -2.14. The molecule has 5 aliphatic carbocycles. The number of hydrogen-bond acceptors (Lipinski definition) is 9. The number of fused-ring (bicyclic) bond motifs is 2. The third-order valence-corrected chi connectivity index (χ3v) is 11.3. The Bertz CT molecular complexity index is 830. The van der Waals surface area contributed by atoms with Gasteiger partial charge in [-0.15, -0.1) is 0 Å². The zero-order chi connectivity index (χ0) is 23.7. The first-order valence-corrected chi connectivity index (χ1v) is 12.2. The van der Waals surface area contributed by atoms with Gasteiger partial charge in [0, 0.05) is 69.6 Å². The molecule has 6 aliphatic rings. The summed E-state index contributed by atoms with van der Waals surface area (Å²) in [5, 5.41) is 47.3. The van der Waals surface area contributed by atoms with Crippen molar-refractivity contribution < 1.29 is 39.4 Å². The molecule has 0 aromatic rings. The maximum Gasteiger partial charge on any atom is 0.120 e. The monoisotopic (exact) mass is 469 g/mol. The molecule has 0 aromatic heterocycles. The third kappa shape index (κ3) is 2.15. The molecule has 14 atom stereocenters. The van der Waals surface area contributed by atoms with E-state index in [1.807, 2.05) is 0 Å². The predicted molar refractivity (Wildman–Crippen MR) is 115 cm³/mol. The average Bonchev–Trinajstić information content (AvgIpc) is 3.16. The minimum absolute atomic E-state index is 0.00206. The average molecular weight is 470 g/mol. The Morgan fingerprint density at radius 2 is 1.70 bits per heavy atom. The van der Waals surface area contributed by atoms with E-state index in [0.717, 1.165) is 19.4 Å². The minimum Gasteiger partial charge on any atom is -0.390 e. The molecule has 0 radical (unpaired) electrons. The van der Waals surface area contributed by atoms with Crippen molar-refractivity contribution in [2.24, 2.45) is 34.5 Å². The highest BCUT2D eigenvalue weighted by Gasteiger charge is 2.89. The second kappa shape index (κ2) is 6.89. The van der Waals surface area contributed by atoms with Gasteiger partial charge in [0.05, 0.1) is 24.9 Å². The van der Waals surface area contributed by atoms with Crippen molar-refractivity contribution in [3.8, 4) is 0 Å². The molecule has 2 unspecified atom stereocenters. The standard InChI is InChI=1S/C24H39NO8/c1-25-9-21(10-30-2)7-6-12(31-3)23-11-8-22(28)18(26)13(11)24(29,19(27)20(22)33-5)14(17(23)25)15(32-4)16(21)23/h11-20,26-29H,6-10H2,1-5H3/t11-,12+,13-,14?,15?,16-,17-,18-,19+,20+,21+,22-,23+,24-/m1/s1. The lowest BCUT2D eigenvalue weighted by molar-refractivity contribution is -0.314. The number of aliphatic hydroxyl groups excluding tert-OH is 2. The molecular formula is C24H39NO8. The van der Waals surface area contributed by atoms with Gasteiger partial charge in [-0.1, -0.05) is 0 Å². The lowest BCUT2D eigenvalue weighted by Gasteiger charge is -2.69. The van der Waals surface area contributed by atoms with E-state index in [0.29, 0.717) is 6.61 Å². The Labute approximate surface area is 194 Å². The van der Waals surface area contributed by atoms with Gasteiger partial charge in [-0.05, 0) is 32.2 Å². The fourth-order valence-corrected chi connectivity index (χ4v) is 10.9. The van der Waals surface area contributed by atoms with Gasteiger partial charge >= 0.3 is 0 Å². The molecule has 188 valence electrons. The Morgan fingerprint density at radius 1 is 0.970 bits per heavy atom. The third-order valence-electron chi connectivity index (χ3n) is 11.3. The zero-order valence-corrected chi connectivity index (χ0v) is 20.2. The van der Waals surface area contributed by atoms with Gasteiger partial charge in [0.2, 0.25) is 0 Å². The SMILES string of the molecule is COC[C@@]12CC[C@H](OC)[C@@]34[C@@H]5C[C@@]6(O)[C@H](O)[C@@H]5[C@@](O)(C(C(OC)[C@H]13)[C@H]4N(C)C2)[C@@H](O)[C@@H]6OC. The molecule has 0 amide bonds. The lowest BCUT2D eigenvalue weighted by atomic mass is 9.43. The highest BCUT2D eigenvalue weighted by atomic mass is 16.5. The minimum atomic E-state index is -1.67. The smallest absolute Gasteiger partial charge is 0.120 e. The van der Waals surface area contributed by atoms with Crippen LogP contribution < -0.4 is 0 Å². The van der Waals surface area contributed by atoms with E-state index in [4.69, 9.17) is 18.9 Å². The summed E-state index contributed by atoms with van der Waals surface area (Å²) in [6.45, 7) is 1.36. The largest absolute Gasteiger partial charge is 0.390 e. The van der Waals surface area contributed by atoms with Gasteiger partial charge in [0.25, 0.3) is 0 Å². The number of aliphatic hydroxyl groups is 4. The quantitative estimate of drug-likeness (QED) is 0.396. The van der Waals surface area contributed by atoms with Gasteiger partial charge in [0.15, 0.2) is 0 Å². The van der Waals surface area contributed by atoms with Crippen LogP contribution >= 0.6 is 0 Å². The van der Waals surface area contributed by atoms with Crippen LogP contribution in [-0.2, 0) is 18.9 Å². The number of hydrogen-bond donors (Lipinski definition) is 4. The molecule has 9 nitrogen and oxygen atoms in total. The summed E-state index contributed by atoms with van der Waals surface area (Å²) in [6, 6.07) is -0.131. The van der Waals surface area contributed by atoms with Crippen molar-refractivity contribution in [1.29, 1.82) is 0 Å². The molecule has 0 aromatic carbocycles. The summed E-state index contributed by atoms with van der Waals surface area (Å²) >= 11 is 0.